The van der Waals surface area contributed by atoms with Gasteiger partial charge in [0.1, 0.15) is 0 Å². The van der Waals surface area contributed by atoms with Crippen molar-refractivity contribution in [3.8, 4) is 0 Å². The molecule has 2 unspecified atom stereocenters. The minimum atomic E-state index is 0.516. The molecule has 120 valence electrons. The molecule has 1 heteroatoms. The van der Waals surface area contributed by atoms with E-state index in [1.54, 1.807) is 0 Å². The molecule has 0 amide bonds. The summed E-state index contributed by atoms with van der Waals surface area (Å²) in [6.45, 7) is 6.84. The first-order chi connectivity index (χ1) is 10.2. The molecule has 0 spiro atoms. The molecule has 0 aliphatic rings. The van der Waals surface area contributed by atoms with Gasteiger partial charge in [0.25, 0.3) is 0 Å². The van der Waals surface area contributed by atoms with Crippen LogP contribution in [0.3, 0.4) is 0 Å². The molecule has 1 nitrogen and oxygen atoms in total. The van der Waals surface area contributed by atoms with Crippen LogP contribution < -0.4 is 5.32 Å². The Labute approximate surface area is 132 Å². The number of rotatable bonds is 11. The average molecular weight is 290 g/mol. The van der Waals surface area contributed by atoms with Crippen molar-refractivity contribution in [1.29, 1.82) is 0 Å². The Morgan fingerprint density at radius 1 is 0.857 bits per heavy atom. The van der Waals surface area contributed by atoms with Crippen molar-refractivity contribution >= 4 is 0 Å². The van der Waals surface area contributed by atoms with Gasteiger partial charge in [-0.25, -0.2) is 0 Å². The van der Waals surface area contributed by atoms with Crippen LogP contribution in [0.1, 0.15) is 95.2 Å². The van der Waals surface area contributed by atoms with Gasteiger partial charge in [-0.1, -0.05) is 83.6 Å². The minimum absolute atomic E-state index is 0.516. The summed E-state index contributed by atoms with van der Waals surface area (Å²) < 4.78 is 0. The first-order valence-electron chi connectivity index (χ1n) is 9.00. The highest BCUT2D eigenvalue weighted by Gasteiger charge is 2.09. The van der Waals surface area contributed by atoms with Gasteiger partial charge < -0.3 is 5.32 Å². The van der Waals surface area contributed by atoms with Gasteiger partial charge in [0.2, 0.25) is 0 Å². The van der Waals surface area contributed by atoms with Crippen LogP contribution in [-0.2, 0) is 0 Å². The first kappa shape index (κ1) is 18.2. The van der Waals surface area contributed by atoms with Crippen molar-refractivity contribution in [3.05, 3.63) is 35.4 Å². The summed E-state index contributed by atoms with van der Waals surface area (Å²) in [5, 5.41) is 3.48. The van der Waals surface area contributed by atoms with E-state index in [9.17, 15) is 0 Å². The number of hydrogen-bond acceptors (Lipinski definition) is 1. The second-order valence-electron chi connectivity index (χ2n) is 6.37. The topological polar surface area (TPSA) is 12.0 Å². The Morgan fingerprint density at radius 2 is 1.43 bits per heavy atom. The van der Waals surface area contributed by atoms with Crippen LogP contribution in [-0.4, -0.2) is 7.05 Å². The molecule has 1 N–H and O–H groups in total. The standard InChI is InChI=1S/C20H35N/c1-5-7-8-9-10-11-12-20(21-4)19-15-13-18(14-16-19)17(3)6-2/h13-17,20-21H,5-12H2,1-4H3. The lowest BCUT2D eigenvalue weighted by molar-refractivity contribution is 0.497. The van der Waals surface area contributed by atoms with Gasteiger partial charge in [-0.15, -0.1) is 0 Å². The van der Waals surface area contributed by atoms with Crippen molar-refractivity contribution < 1.29 is 0 Å². The highest BCUT2D eigenvalue weighted by atomic mass is 14.9. The number of benzene rings is 1. The minimum Gasteiger partial charge on any atom is -0.313 e. The monoisotopic (exact) mass is 289 g/mol. The molecule has 0 aromatic heterocycles. The Bertz CT molecular complexity index is 355. The summed E-state index contributed by atoms with van der Waals surface area (Å²) >= 11 is 0. The Morgan fingerprint density at radius 3 is 2.00 bits per heavy atom. The summed E-state index contributed by atoms with van der Waals surface area (Å²) in [5.74, 6) is 0.672. The predicted octanol–water partition coefficient (Wildman–Crippen LogP) is 6.21. The zero-order chi connectivity index (χ0) is 15.5. The Balaban J connectivity index is 2.41. The molecule has 2 atom stereocenters. The third kappa shape index (κ3) is 6.65. The normalized spacial score (nSPS) is 14.1. The molecule has 0 saturated carbocycles. The second kappa shape index (κ2) is 10.8. The van der Waals surface area contributed by atoms with E-state index in [4.69, 9.17) is 0 Å². The predicted molar refractivity (Wildman–Crippen MR) is 94.9 cm³/mol. The highest BCUT2D eigenvalue weighted by Crippen LogP contribution is 2.24. The fourth-order valence-electron chi connectivity index (χ4n) is 2.90. The maximum Gasteiger partial charge on any atom is 0.0317 e. The van der Waals surface area contributed by atoms with E-state index in [1.807, 2.05) is 0 Å². The average Bonchev–Trinajstić information content (AvgIpc) is 2.54. The van der Waals surface area contributed by atoms with Crippen LogP contribution in [0.4, 0.5) is 0 Å². The van der Waals surface area contributed by atoms with Gasteiger partial charge in [0.05, 0.1) is 0 Å². The van der Waals surface area contributed by atoms with Gasteiger partial charge in [0, 0.05) is 6.04 Å². The lowest BCUT2D eigenvalue weighted by atomic mass is 9.94. The second-order valence-corrected chi connectivity index (χ2v) is 6.37. The van der Waals surface area contributed by atoms with Crippen LogP contribution in [0.2, 0.25) is 0 Å². The molecule has 0 aliphatic carbocycles. The van der Waals surface area contributed by atoms with Crippen LogP contribution in [0, 0.1) is 0 Å². The molecule has 0 radical (unpaired) electrons. The number of unbranched alkanes of at least 4 members (excludes halogenated alkanes) is 5. The third-order valence-corrected chi connectivity index (χ3v) is 4.72. The van der Waals surface area contributed by atoms with Gasteiger partial charge in [0.15, 0.2) is 0 Å². The van der Waals surface area contributed by atoms with E-state index in [0.29, 0.717) is 12.0 Å². The van der Waals surface area contributed by atoms with E-state index >= 15 is 0 Å². The molecule has 1 rings (SSSR count). The maximum atomic E-state index is 3.48. The van der Waals surface area contributed by atoms with E-state index in [1.165, 1.54) is 62.5 Å². The van der Waals surface area contributed by atoms with Crippen molar-refractivity contribution in [2.45, 2.75) is 84.1 Å². The van der Waals surface area contributed by atoms with Gasteiger partial charge in [-0.05, 0) is 36.9 Å². The number of nitrogens with one attached hydrogen (secondary N) is 1. The summed E-state index contributed by atoms with van der Waals surface area (Å²) in [7, 11) is 2.09. The first-order valence-corrected chi connectivity index (χ1v) is 9.00. The van der Waals surface area contributed by atoms with Crippen LogP contribution in [0.25, 0.3) is 0 Å². The fourth-order valence-corrected chi connectivity index (χ4v) is 2.90. The maximum absolute atomic E-state index is 3.48. The van der Waals surface area contributed by atoms with Gasteiger partial charge in [-0.2, -0.15) is 0 Å². The zero-order valence-corrected chi connectivity index (χ0v) is 14.6. The van der Waals surface area contributed by atoms with Crippen molar-refractivity contribution in [2.75, 3.05) is 7.05 Å². The Hall–Kier alpha value is -0.820. The fraction of sp³-hybridized carbons (Fsp3) is 0.700. The van der Waals surface area contributed by atoms with Crippen molar-refractivity contribution in [2.24, 2.45) is 0 Å². The van der Waals surface area contributed by atoms with Crippen LogP contribution in [0.5, 0.6) is 0 Å². The van der Waals surface area contributed by atoms with E-state index in [-0.39, 0.29) is 0 Å². The smallest absolute Gasteiger partial charge is 0.0317 e. The third-order valence-electron chi connectivity index (χ3n) is 4.72. The molecule has 0 aliphatic heterocycles. The van der Waals surface area contributed by atoms with E-state index in [0.717, 1.165) is 0 Å². The summed E-state index contributed by atoms with van der Waals surface area (Å²) in [4.78, 5) is 0. The van der Waals surface area contributed by atoms with Crippen LogP contribution in [0.15, 0.2) is 24.3 Å². The summed E-state index contributed by atoms with van der Waals surface area (Å²) in [6, 6.07) is 9.78. The lowest BCUT2D eigenvalue weighted by Gasteiger charge is -2.18. The Kier molecular flexibility index (Phi) is 9.41. The quantitative estimate of drug-likeness (QED) is 0.477. The molecule has 0 heterocycles. The molecular weight excluding hydrogens is 254 g/mol. The zero-order valence-electron chi connectivity index (χ0n) is 14.6. The number of hydrogen-bond donors (Lipinski definition) is 1. The van der Waals surface area contributed by atoms with Crippen LogP contribution >= 0.6 is 0 Å². The molecule has 0 bridgehead atoms. The van der Waals surface area contributed by atoms with Gasteiger partial charge in [-0.3, -0.25) is 0 Å². The van der Waals surface area contributed by atoms with E-state index < -0.39 is 0 Å². The summed E-state index contributed by atoms with van der Waals surface area (Å²) in [5.41, 5.74) is 2.91. The summed E-state index contributed by atoms with van der Waals surface area (Å²) in [6.07, 6.45) is 10.7. The molecule has 21 heavy (non-hydrogen) atoms. The van der Waals surface area contributed by atoms with Crippen molar-refractivity contribution in [3.63, 3.8) is 0 Å². The molecule has 0 saturated heterocycles. The molecular formula is C20H35N. The SMILES string of the molecule is CCCCCCCCC(NC)c1ccc(C(C)CC)cc1. The lowest BCUT2D eigenvalue weighted by Crippen LogP contribution is -2.16. The molecule has 1 aromatic rings. The largest absolute Gasteiger partial charge is 0.313 e. The van der Waals surface area contributed by atoms with E-state index in [2.05, 4.69) is 57.4 Å². The molecule has 0 fully saturated rings. The molecule has 1 aromatic carbocycles. The van der Waals surface area contributed by atoms with Crippen molar-refractivity contribution in [1.82, 2.24) is 5.32 Å². The van der Waals surface area contributed by atoms with Gasteiger partial charge >= 0.3 is 0 Å². The highest BCUT2D eigenvalue weighted by molar-refractivity contribution is 5.27.